The van der Waals surface area contributed by atoms with Crippen molar-refractivity contribution in [1.82, 2.24) is 0 Å². The van der Waals surface area contributed by atoms with Crippen LogP contribution in [0.1, 0.15) is 2.85 Å². The zero-order chi connectivity index (χ0) is 5.70. The number of carbonyl (C=O) groups excluding carboxylic acids is 1. The number of hydrogen-bond acceptors (Lipinski definition) is 4. The Kier molecular flexibility index (Phi) is 22.9. The molecule has 7 heteroatoms. The fourth-order valence-corrected chi connectivity index (χ4v) is 0.264. The van der Waals surface area contributed by atoms with Crippen molar-refractivity contribution in [3.05, 3.63) is 0 Å². The van der Waals surface area contributed by atoms with Gasteiger partial charge < -0.3 is 8.59 Å². The van der Waals surface area contributed by atoms with Crippen molar-refractivity contribution >= 4 is 14.7 Å². The third-order valence-corrected chi connectivity index (χ3v) is 0.633. The molecule has 0 saturated carbocycles. The quantitative estimate of drug-likeness (QED) is 0.330. The minimum absolute atomic E-state index is 0. The van der Waals surface area contributed by atoms with Crippen molar-refractivity contribution in [3.8, 4) is 0 Å². The van der Waals surface area contributed by atoms with Crippen molar-refractivity contribution in [2.45, 2.75) is 0 Å². The molecule has 2 N–H and O–H groups in total. The van der Waals surface area contributed by atoms with Crippen molar-refractivity contribution in [1.29, 1.82) is 0 Å². The van der Waals surface area contributed by atoms with Gasteiger partial charge in [0, 0.05) is 0 Å². The van der Waals surface area contributed by atoms with E-state index < -0.39 is 14.7 Å². The molecule has 0 saturated heterocycles. The number of nitrogens with two attached hydrogens (primary N) is 1. The first-order valence-corrected chi connectivity index (χ1v) is 2.39. The molecule has 0 aliphatic heterocycles. The van der Waals surface area contributed by atoms with E-state index in [0.29, 0.717) is 0 Å². The van der Waals surface area contributed by atoms with Crippen LogP contribution in [0.25, 0.3) is 0 Å². The molecule has 0 aromatic rings. The van der Waals surface area contributed by atoms with Crippen LogP contribution in [0.5, 0.6) is 0 Å². The molecular weight excluding hydrogens is 163 g/mol. The monoisotopic (exact) mass is 170 g/mol. The zero-order valence-corrected chi connectivity index (χ0v) is 10.5. The average molecular weight is 170 g/mol. The van der Waals surface area contributed by atoms with Crippen molar-refractivity contribution in [3.63, 3.8) is 0 Å². The van der Waals surface area contributed by atoms with Crippen molar-refractivity contribution in [2.75, 3.05) is 6.54 Å². The smallest absolute Gasteiger partial charge is 1.00 e. The maximum Gasteiger partial charge on any atom is 1.00 e. The van der Waals surface area contributed by atoms with Gasteiger partial charge in [0.05, 0.1) is 6.54 Å². The van der Waals surface area contributed by atoms with Crippen molar-refractivity contribution < 1.29 is 75.9 Å². The first-order valence-electron chi connectivity index (χ1n) is 1.58. The topological polar surface area (TPSA) is 69.4 Å². The zero-order valence-electron chi connectivity index (χ0n) is 7.51. The second-order valence-corrected chi connectivity index (χ2v) is 1.13. The Morgan fingerprint density at radius 1 is 1.67 bits per heavy atom. The second-order valence-electron chi connectivity index (χ2n) is 0.762. The fourth-order valence-electron chi connectivity index (χ4n) is 0.0881. The maximum atomic E-state index is 9.87. The first kappa shape index (κ1) is 16.9. The molecule has 0 radical (unpaired) electrons. The van der Waals surface area contributed by atoms with Crippen LogP contribution >= 0.6 is 8.69 Å². The Morgan fingerprint density at radius 2 is 2.11 bits per heavy atom. The number of rotatable bonds is 2. The summed E-state index contributed by atoms with van der Waals surface area (Å²) in [6.45, 7) is -0.213. The predicted molar refractivity (Wildman–Crippen MR) is 26.4 cm³/mol. The fraction of sp³-hybridized carbons (Fsp3) is 0.500. The summed E-state index contributed by atoms with van der Waals surface area (Å²) in [5.41, 5.74) is 4.75. The summed E-state index contributed by atoms with van der Waals surface area (Å²) in [4.78, 5) is 9.87. The molecule has 1 atom stereocenters. The molecule has 0 spiro atoms. The average Bonchev–Trinajstić information content (AvgIpc) is 1.68. The van der Waals surface area contributed by atoms with Gasteiger partial charge in [-0.15, -0.1) is 0 Å². The molecule has 1 unspecified atom stereocenters. The van der Waals surface area contributed by atoms with E-state index in [4.69, 9.17) is 5.73 Å². The van der Waals surface area contributed by atoms with Gasteiger partial charge in [-0.2, -0.15) is 0 Å². The van der Waals surface area contributed by atoms with Crippen molar-refractivity contribution in [2.24, 2.45) is 5.73 Å². The van der Waals surface area contributed by atoms with Gasteiger partial charge in [-0.1, -0.05) is 0 Å². The van der Waals surface area contributed by atoms with Crippen LogP contribution in [0.15, 0.2) is 0 Å². The van der Waals surface area contributed by atoms with Gasteiger partial charge in [0.1, 0.15) is 0 Å². The Hall–Kier alpha value is 1.53. The SMILES string of the molecule is NCC(=O)O[PH+]=O.[H-].[H-].[Na+].[Na+]. The summed E-state index contributed by atoms with van der Waals surface area (Å²) in [5, 5.41) is 0. The summed E-state index contributed by atoms with van der Waals surface area (Å²) in [6.07, 6.45) is 0. The van der Waals surface area contributed by atoms with Crippen LogP contribution < -0.4 is 64.8 Å². The van der Waals surface area contributed by atoms with E-state index in [1.54, 1.807) is 0 Å². The van der Waals surface area contributed by atoms with Crippen LogP contribution in [0.2, 0.25) is 0 Å². The van der Waals surface area contributed by atoms with Gasteiger partial charge in [0.2, 0.25) is 0 Å². The molecule has 4 nitrogen and oxygen atoms in total. The van der Waals surface area contributed by atoms with Crippen LogP contribution in [-0.2, 0) is 13.9 Å². The Labute approximate surface area is 102 Å². The molecule has 9 heavy (non-hydrogen) atoms. The molecule has 0 fully saturated rings. The Morgan fingerprint density at radius 3 is 2.22 bits per heavy atom. The number of carbonyl (C=O) groups is 1. The predicted octanol–water partition coefficient (Wildman–Crippen LogP) is -6.34. The summed E-state index contributed by atoms with van der Waals surface area (Å²) in [5.74, 6) is -0.645. The van der Waals surface area contributed by atoms with E-state index >= 15 is 0 Å². The van der Waals surface area contributed by atoms with Crippen LogP contribution in [0, 0.1) is 0 Å². The molecule has 0 amide bonds. The Bertz CT molecular complexity index is 97.4. The van der Waals surface area contributed by atoms with E-state index in [0.717, 1.165) is 0 Å². The Balaban J connectivity index is -0.0000000300. The summed E-state index contributed by atoms with van der Waals surface area (Å²) in [7, 11) is -1.03. The minimum Gasteiger partial charge on any atom is -1.00 e. The van der Waals surface area contributed by atoms with Gasteiger partial charge in [-0.25, -0.2) is 9.32 Å². The molecule has 0 rings (SSSR count). The molecular formula is C2H7NNa2O3P+. The van der Waals surface area contributed by atoms with E-state index in [1.807, 2.05) is 0 Å². The third kappa shape index (κ3) is 12.7. The molecule has 0 aromatic heterocycles. The largest absolute Gasteiger partial charge is 1.00 e. The van der Waals surface area contributed by atoms with Crippen LogP contribution in [-0.4, -0.2) is 12.5 Å². The minimum atomic E-state index is -1.03. The third-order valence-electron chi connectivity index (χ3n) is 0.322. The van der Waals surface area contributed by atoms with E-state index in [-0.39, 0.29) is 68.5 Å². The summed E-state index contributed by atoms with van der Waals surface area (Å²) in [6, 6.07) is 0. The van der Waals surface area contributed by atoms with Crippen LogP contribution in [0.4, 0.5) is 0 Å². The van der Waals surface area contributed by atoms with Gasteiger partial charge in [-0.05, 0) is 4.57 Å². The standard InChI is InChI=1S/C2H5NO3P.2Na.2H/c3-1-2(4)6-7-5;;;;/h7H,1,3H2;;;;/q3*+1;2*-1. The molecule has 0 heterocycles. The van der Waals surface area contributed by atoms with Gasteiger partial charge in [-0.3, -0.25) is 0 Å². The maximum absolute atomic E-state index is 9.87. The summed E-state index contributed by atoms with van der Waals surface area (Å²) < 4.78 is 13.3. The molecule has 0 aliphatic carbocycles. The molecule has 0 aromatic carbocycles. The van der Waals surface area contributed by atoms with E-state index in [9.17, 15) is 9.36 Å². The van der Waals surface area contributed by atoms with Gasteiger partial charge in [0.15, 0.2) is 0 Å². The second kappa shape index (κ2) is 12.2. The van der Waals surface area contributed by atoms with Gasteiger partial charge >= 0.3 is 73.8 Å². The molecule has 44 valence electrons. The van der Waals surface area contributed by atoms with E-state index in [2.05, 4.69) is 4.52 Å². The normalized spacial score (nSPS) is 6.78. The van der Waals surface area contributed by atoms with Crippen LogP contribution in [0.3, 0.4) is 0 Å². The first-order chi connectivity index (χ1) is 3.31. The number of hydrogen-bond donors (Lipinski definition) is 1. The van der Waals surface area contributed by atoms with Gasteiger partial charge in [0.25, 0.3) is 0 Å². The van der Waals surface area contributed by atoms with E-state index in [1.165, 1.54) is 0 Å². The summed E-state index contributed by atoms with van der Waals surface area (Å²) >= 11 is 0. The molecule has 0 bridgehead atoms. The molecule has 0 aliphatic rings.